The van der Waals surface area contributed by atoms with E-state index >= 15 is 0 Å². The Morgan fingerprint density at radius 2 is 2.21 bits per heavy atom. The van der Waals surface area contributed by atoms with Gasteiger partial charge in [0.2, 0.25) is 0 Å². The van der Waals surface area contributed by atoms with Crippen LogP contribution in [0.2, 0.25) is 0 Å². The van der Waals surface area contributed by atoms with Crippen LogP contribution in [0.15, 0.2) is 53.2 Å². The molecule has 1 saturated heterocycles. The van der Waals surface area contributed by atoms with Gasteiger partial charge in [0.05, 0.1) is 23.6 Å². The minimum atomic E-state index is -0.0851. The Bertz CT molecular complexity index is 1140. The lowest BCUT2D eigenvalue weighted by Gasteiger charge is -2.33. The molecule has 1 aromatic carbocycles. The molecule has 7 nitrogen and oxygen atoms in total. The quantitative estimate of drug-likeness (QED) is 0.570. The number of rotatable bonds is 4. The summed E-state index contributed by atoms with van der Waals surface area (Å²) >= 11 is 0. The summed E-state index contributed by atoms with van der Waals surface area (Å²) in [6, 6.07) is 11.6. The monoisotopic (exact) mass is 389 g/mol. The van der Waals surface area contributed by atoms with Gasteiger partial charge in [0.1, 0.15) is 11.6 Å². The first kappa shape index (κ1) is 17.7. The van der Waals surface area contributed by atoms with Gasteiger partial charge in [-0.15, -0.1) is 0 Å². The predicted octanol–water partition coefficient (Wildman–Crippen LogP) is 4.08. The summed E-state index contributed by atoms with van der Waals surface area (Å²) in [6.45, 7) is 3.27. The topological polar surface area (TPSA) is 79.9 Å². The average molecular weight is 389 g/mol. The van der Waals surface area contributed by atoms with Gasteiger partial charge >= 0.3 is 0 Å². The first-order chi connectivity index (χ1) is 14.2. The molecule has 0 unspecified atom stereocenters. The standard InChI is InChI=1S/C22H23N5O2/c1-15-6-8-17-18(13-15)25-21(24-17)19-5-2-3-12-27(19)22(28)20-9-7-16(29-20)14-26-11-4-10-23-26/h4,6-11,13,19H,2-3,5,12,14H2,1H3,(H,24,25)/t19-/m0/s1. The zero-order valence-electron chi connectivity index (χ0n) is 16.3. The molecule has 0 bridgehead atoms. The van der Waals surface area contributed by atoms with Crippen molar-refractivity contribution in [2.45, 2.75) is 38.8 Å². The molecule has 4 aromatic rings. The maximum absolute atomic E-state index is 13.2. The molecule has 1 N–H and O–H groups in total. The number of amides is 1. The number of nitrogens with one attached hydrogen (secondary N) is 1. The number of nitrogens with zero attached hydrogens (tertiary/aromatic N) is 4. The summed E-state index contributed by atoms with van der Waals surface area (Å²) in [5.74, 6) is 1.84. The van der Waals surface area contributed by atoms with Crippen LogP contribution in [0.25, 0.3) is 11.0 Å². The molecule has 1 aliphatic rings. The highest BCUT2D eigenvalue weighted by Gasteiger charge is 2.32. The van der Waals surface area contributed by atoms with E-state index < -0.39 is 0 Å². The van der Waals surface area contributed by atoms with E-state index in [1.165, 1.54) is 5.56 Å². The van der Waals surface area contributed by atoms with Gasteiger partial charge in [0.15, 0.2) is 5.76 Å². The number of aromatic nitrogens is 4. The third-order valence-corrected chi connectivity index (χ3v) is 5.48. The zero-order chi connectivity index (χ0) is 19.8. The Labute approximate surface area is 168 Å². The second-order valence-electron chi connectivity index (χ2n) is 7.62. The largest absolute Gasteiger partial charge is 0.454 e. The number of hydrogen-bond acceptors (Lipinski definition) is 4. The van der Waals surface area contributed by atoms with Crippen molar-refractivity contribution >= 4 is 16.9 Å². The lowest BCUT2D eigenvalue weighted by molar-refractivity contribution is 0.0566. The Balaban J connectivity index is 1.40. The van der Waals surface area contributed by atoms with Crippen LogP contribution >= 0.6 is 0 Å². The van der Waals surface area contributed by atoms with Gasteiger partial charge in [-0.2, -0.15) is 5.10 Å². The molecule has 1 amide bonds. The second-order valence-corrected chi connectivity index (χ2v) is 7.62. The van der Waals surface area contributed by atoms with Crippen LogP contribution < -0.4 is 0 Å². The van der Waals surface area contributed by atoms with Gasteiger partial charge < -0.3 is 14.3 Å². The van der Waals surface area contributed by atoms with Crippen LogP contribution in [0.3, 0.4) is 0 Å². The Morgan fingerprint density at radius 3 is 3.07 bits per heavy atom. The fourth-order valence-electron chi connectivity index (χ4n) is 4.03. The maximum atomic E-state index is 13.2. The van der Waals surface area contributed by atoms with Crippen molar-refractivity contribution in [3.05, 3.63) is 71.7 Å². The lowest BCUT2D eigenvalue weighted by Crippen LogP contribution is -2.38. The summed E-state index contributed by atoms with van der Waals surface area (Å²) in [6.07, 6.45) is 6.55. The van der Waals surface area contributed by atoms with Gasteiger partial charge in [-0.3, -0.25) is 9.48 Å². The Kier molecular flexibility index (Phi) is 4.42. The first-order valence-electron chi connectivity index (χ1n) is 10.0. The van der Waals surface area contributed by atoms with Crippen molar-refractivity contribution in [1.29, 1.82) is 0 Å². The van der Waals surface area contributed by atoms with E-state index in [-0.39, 0.29) is 11.9 Å². The molecule has 0 aliphatic carbocycles. The third-order valence-electron chi connectivity index (χ3n) is 5.48. The van der Waals surface area contributed by atoms with Crippen LogP contribution in [0.1, 0.15) is 53.0 Å². The highest BCUT2D eigenvalue weighted by molar-refractivity contribution is 5.92. The van der Waals surface area contributed by atoms with Crippen molar-refractivity contribution in [1.82, 2.24) is 24.6 Å². The van der Waals surface area contributed by atoms with Crippen molar-refractivity contribution < 1.29 is 9.21 Å². The SMILES string of the molecule is Cc1ccc2nc([C@@H]3CCCCN3C(=O)c3ccc(Cn4cccn4)o3)[nH]c2c1. The normalized spacial score (nSPS) is 17.1. The fourth-order valence-corrected chi connectivity index (χ4v) is 4.03. The van der Waals surface area contributed by atoms with Gasteiger partial charge in [-0.05, 0) is 62.1 Å². The third kappa shape index (κ3) is 3.44. The van der Waals surface area contributed by atoms with Crippen molar-refractivity contribution in [2.24, 2.45) is 0 Å². The number of H-pyrrole nitrogens is 1. The fraction of sp³-hybridized carbons (Fsp3) is 0.318. The van der Waals surface area contributed by atoms with E-state index in [0.717, 1.165) is 36.1 Å². The number of furan rings is 1. The van der Waals surface area contributed by atoms with E-state index in [4.69, 9.17) is 9.40 Å². The van der Waals surface area contributed by atoms with E-state index in [0.29, 0.717) is 24.6 Å². The van der Waals surface area contributed by atoms with E-state index in [9.17, 15) is 4.79 Å². The number of fused-ring (bicyclic) bond motifs is 1. The predicted molar refractivity (Wildman–Crippen MR) is 108 cm³/mol. The molecule has 0 saturated carbocycles. The molecule has 148 valence electrons. The number of aromatic amines is 1. The molecule has 0 radical (unpaired) electrons. The van der Waals surface area contributed by atoms with Gasteiger partial charge in [-0.25, -0.2) is 4.98 Å². The molecule has 5 rings (SSSR count). The van der Waals surface area contributed by atoms with Crippen molar-refractivity contribution in [3.8, 4) is 0 Å². The minimum absolute atomic E-state index is 0.0661. The van der Waals surface area contributed by atoms with E-state index in [2.05, 4.69) is 29.1 Å². The van der Waals surface area contributed by atoms with Crippen LogP contribution in [0, 0.1) is 6.92 Å². The van der Waals surface area contributed by atoms with Crippen molar-refractivity contribution in [3.63, 3.8) is 0 Å². The number of piperidine rings is 1. The molecule has 1 atom stereocenters. The smallest absolute Gasteiger partial charge is 0.290 e. The number of benzene rings is 1. The molecule has 1 fully saturated rings. The van der Waals surface area contributed by atoms with Crippen LogP contribution in [-0.4, -0.2) is 37.1 Å². The Hall–Kier alpha value is -3.35. The number of carbonyl (C=O) groups excluding carboxylic acids is 1. The molecule has 0 spiro atoms. The van der Waals surface area contributed by atoms with Crippen LogP contribution in [0.4, 0.5) is 0 Å². The van der Waals surface area contributed by atoms with Gasteiger partial charge in [0, 0.05) is 18.9 Å². The molecule has 4 heterocycles. The maximum Gasteiger partial charge on any atom is 0.290 e. The first-order valence-corrected chi connectivity index (χ1v) is 10.0. The average Bonchev–Trinajstić information content (AvgIpc) is 3.48. The molecule has 3 aromatic heterocycles. The summed E-state index contributed by atoms with van der Waals surface area (Å²) in [4.78, 5) is 23.3. The van der Waals surface area contributed by atoms with E-state index in [1.54, 1.807) is 16.9 Å². The highest BCUT2D eigenvalue weighted by atomic mass is 16.4. The lowest BCUT2D eigenvalue weighted by atomic mass is 10.0. The molecule has 7 heteroatoms. The Morgan fingerprint density at radius 1 is 1.28 bits per heavy atom. The molecular weight excluding hydrogens is 366 g/mol. The zero-order valence-corrected chi connectivity index (χ0v) is 16.3. The second kappa shape index (κ2) is 7.24. The van der Waals surface area contributed by atoms with E-state index in [1.807, 2.05) is 29.3 Å². The number of aryl methyl sites for hydroxylation is 1. The number of likely N-dealkylation sites (tertiary alicyclic amines) is 1. The van der Waals surface area contributed by atoms with Gasteiger partial charge in [-0.1, -0.05) is 6.07 Å². The van der Waals surface area contributed by atoms with Crippen LogP contribution in [0.5, 0.6) is 0 Å². The highest BCUT2D eigenvalue weighted by Crippen LogP contribution is 2.32. The number of imidazole rings is 1. The number of hydrogen-bond donors (Lipinski definition) is 1. The summed E-state index contributed by atoms with van der Waals surface area (Å²) in [5.41, 5.74) is 3.13. The summed E-state index contributed by atoms with van der Waals surface area (Å²) in [7, 11) is 0. The number of carbonyl (C=O) groups is 1. The van der Waals surface area contributed by atoms with Crippen LogP contribution in [-0.2, 0) is 6.54 Å². The molecule has 1 aliphatic heterocycles. The van der Waals surface area contributed by atoms with Crippen molar-refractivity contribution in [2.75, 3.05) is 6.54 Å². The molecule has 29 heavy (non-hydrogen) atoms. The minimum Gasteiger partial charge on any atom is -0.454 e. The summed E-state index contributed by atoms with van der Waals surface area (Å²) in [5, 5.41) is 4.18. The van der Waals surface area contributed by atoms with Gasteiger partial charge in [0.25, 0.3) is 5.91 Å². The summed E-state index contributed by atoms with van der Waals surface area (Å²) < 4.78 is 7.62. The molecular formula is C22H23N5O2.